The van der Waals surface area contributed by atoms with Crippen LogP contribution in [-0.4, -0.2) is 62.3 Å². The van der Waals surface area contributed by atoms with Crippen molar-refractivity contribution in [3.05, 3.63) is 83.4 Å². The Kier molecular flexibility index (Phi) is 11.0. The second kappa shape index (κ2) is 14.7. The van der Waals surface area contributed by atoms with Crippen LogP contribution in [0, 0.1) is 0 Å². The zero-order chi connectivity index (χ0) is 26.5. The summed E-state index contributed by atoms with van der Waals surface area (Å²) in [4.78, 5) is 11.4. The van der Waals surface area contributed by atoms with Crippen molar-refractivity contribution < 1.29 is 34.0 Å². The van der Waals surface area contributed by atoms with Crippen molar-refractivity contribution in [1.29, 1.82) is 0 Å². The molecule has 1 atom stereocenters. The number of nitrogens with two attached hydrogens (primary N) is 1. The van der Waals surface area contributed by atoms with Crippen molar-refractivity contribution >= 4 is 5.91 Å². The third kappa shape index (κ3) is 9.30. The zero-order valence-corrected chi connectivity index (χ0v) is 20.9. The number of benzene rings is 3. The van der Waals surface area contributed by atoms with E-state index in [0.29, 0.717) is 50.8 Å². The Morgan fingerprint density at radius 3 is 2.24 bits per heavy atom. The number of ether oxygens (including phenoxy) is 4. The number of amides is 1. The Morgan fingerprint density at radius 2 is 1.54 bits per heavy atom. The molecule has 9 heteroatoms. The van der Waals surface area contributed by atoms with Crippen LogP contribution in [0.5, 0.6) is 23.0 Å². The molecule has 0 aromatic heterocycles. The van der Waals surface area contributed by atoms with Gasteiger partial charge < -0.3 is 40.2 Å². The van der Waals surface area contributed by atoms with Crippen molar-refractivity contribution in [3.8, 4) is 23.0 Å². The van der Waals surface area contributed by atoms with E-state index in [0.717, 1.165) is 16.9 Å². The lowest BCUT2D eigenvalue weighted by atomic mass is 10.0. The van der Waals surface area contributed by atoms with Crippen LogP contribution in [0.1, 0.15) is 21.5 Å². The molecule has 0 aliphatic heterocycles. The lowest BCUT2D eigenvalue weighted by Crippen LogP contribution is -2.31. The fourth-order valence-corrected chi connectivity index (χ4v) is 3.55. The first-order chi connectivity index (χ1) is 18.0. The zero-order valence-electron chi connectivity index (χ0n) is 20.9. The molecule has 0 saturated carbocycles. The monoisotopic (exact) mass is 510 g/mol. The standard InChI is InChI=1S/C28H34N2O7/c1-34-14-15-36-23-6-8-24(9-7-23)37-19-22(31)18-30-17-21-5-3-2-4-20(21)12-13-35-25-10-11-27(32)26(16-25)28(29)33/h2-11,16,22,30-32H,12-15,17-19H2,1H3,(H2,29,33). The van der Waals surface area contributed by atoms with Gasteiger partial charge in [0, 0.05) is 26.6 Å². The molecular formula is C28H34N2O7. The molecule has 0 aliphatic rings. The summed E-state index contributed by atoms with van der Waals surface area (Å²) in [7, 11) is 1.62. The quantitative estimate of drug-likeness (QED) is 0.216. The maximum atomic E-state index is 11.4. The number of aliphatic hydroxyl groups is 1. The van der Waals surface area contributed by atoms with Gasteiger partial charge in [-0.3, -0.25) is 4.79 Å². The van der Waals surface area contributed by atoms with Gasteiger partial charge in [0.2, 0.25) is 0 Å². The van der Waals surface area contributed by atoms with Gasteiger partial charge in [0.1, 0.15) is 42.3 Å². The molecule has 3 aromatic rings. The number of primary amides is 1. The van der Waals surface area contributed by atoms with Crippen LogP contribution < -0.4 is 25.3 Å². The normalized spacial score (nSPS) is 11.6. The molecule has 1 amide bonds. The molecule has 5 N–H and O–H groups in total. The minimum absolute atomic E-state index is 0.0219. The maximum Gasteiger partial charge on any atom is 0.252 e. The Balaban J connectivity index is 1.40. The van der Waals surface area contributed by atoms with Crippen LogP contribution in [0.15, 0.2) is 66.7 Å². The number of aromatic hydroxyl groups is 1. The molecule has 37 heavy (non-hydrogen) atoms. The van der Waals surface area contributed by atoms with Crippen molar-refractivity contribution in [3.63, 3.8) is 0 Å². The van der Waals surface area contributed by atoms with E-state index < -0.39 is 12.0 Å². The molecule has 0 fully saturated rings. The maximum absolute atomic E-state index is 11.4. The molecule has 198 valence electrons. The number of methoxy groups -OCH3 is 1. The summed E-state index contributed by atoms with van der Waals surface area (Å²) in [6.07, 6.45) is -0.0383. The summed E-state index contributed by atoms with van der Waals surface area (Å²) in [6.45, 7) is 2.49. The first kappa shape index (κ1) is 27.8. The molecule has 3 aromatic carbocycles. The molecule has 0 heterocycles. The second-order valence-corrected chi connectivity index (χ2v) is 8.32. The number of carbonyl (C=O) groups is 1. The van der Waals surface area contributed by atoms with Crippen molar-refractivity contribution in [2.75, 3.05) is 40.1 Å². The van der Waals surface area contributed by atoms with Crippen molar-refractivity contribution in [2.45, 2.75) is 19.1 Å². The highest BCUT2D eigenvalue weighted by atomic mass is 16.5. The number of hydrogen-bond donors (Lipinski definition) is 4. The van der Waals surface area contributed by atoms with Gasteiger partial charge in [-0.25, -0.2) is 0 Å². The SMILES string of the molecule is COCCOc1ccc(OCC(O)CNCc2ccccc2CCOc2ccc(O)c(C(N)=O)c2)cc1. The summed E-state index contributed by atoms with van der Waals surface area (Å²) in [6, 6.07) is 19.6. The molecule has 0 bridgehead atoms. The second-order valence-electron chi connectivity index (χ2n) is 8.32. The van der Waals surface area contributed by atoms with Gasteiger partial charge in [0.15, 0.2) is 0 Å². The van der Waals surface area contributed by atoms with Crippen LogP contribution in [0.2, 0.25) is 0 Å². The van der Waals surface area contributed by atoms with Crippen LogP contribution >= 0.6 is 0 Å². The predicted molar refractivity (Wildman–Crippen MR) is 139 cm³/mol. The number of rotatable bonds is 16. The van der Waals surface area contributed by atoms with E-state index in [9.17, 15) is 15.0 Å². The van der Waals surface area contributed by atoms with Crippen LogP contribution in [0.25, 0.3) is 0 Å². The summed E-state index contributed by atoms with van der Waals surface area (Å²) in [5.74, 6) is 0.950. The van der Waals surface area contributed by atoms with Crippen LogP contribution in [0.3, 0.4) is 0 Å². The number of phenols is 1. The lowest BCUT2D eigenvalue weighted by Gasteiger charge is -2.15. The molecule has 0 spiro atoms. The van der Waals surface area contributed by atoms with E-state index in [2.05, 4.69) is 5.32 Å². The third-order valence-electron chi connectivity index (χ3n) is 5.51. The Hall–Kier alpha value is -3.79. The molecule has 9 nitrogen and oxygen atoms in total. The van der Waals surface area contributed by atoms with Gasteiger partial charge in [0.05, 0.1) is 18.8 Å². The molecule has 3 rings (SSSR count). The fraction of sp³-hybridized carbons (Fsp3) is 0.321. The van der Waals surface area contributed by atoms with Gasteiger partial charge >= 0.3 is 0 Å². The lowest BCUT2D eigenvalue weighted by molar-refractivity contribution is 0.0997. The number of nitrogens with one attached hydrogen (secondary N) is 1. The molecule has 0 aliphatic carbocycles. The third-order valence-corrected chi connectivity index (χ3v) is 5.51. The topological polar surface area (TPSA) is 132 Å². The highest BCUT2D eigenvalue weighted by molar-refractivity contribution is 5.95. The first-order valence-electron chi connectivity index (χ1n) is 12.0. The average molecular weight is 511 g/mol. The van der Waals surface area contributed by atoms with Crippen molar-refractivity contribution in [2.24, 2.45) is 5.73 Å². The van der Waals surface area contributed by atoms with E-state index >= 15 is 0 Å². The van der Waals surface area contributed by atoms with Gasteiger partial charge in [-0.2, -0.15) is 0 Å². The Morgan fingerprint density at radius 1 is 0.892 bits per heavy atom. The van der Waals surface area contributed by atoms with Gasteiger partial charge in [-0.05, 0) is 53.6 Å². The van der Waals surface area contributed by atoms with Crippen molar-refractivity contribution in [1.82, 2.24) is 5.32 Å². The molecule has 0 saturated heterocycles. The van der Waals surface area contributed by atoms with Crippen LogP contribution in [0.4, 0.5) is 0 Å². The first-order valence-corrected chi connectivity index (χ1v) is 12.0. The average Bonchev–Trinajstić information content (AvgIpc) is 2.90. The largest absolute Gasteiger partial charge is 0.507 e. The number of carbonyl (C=O) groups excluding carboxylic acids is 1. The van der Waals surface area contributed by atoms with E-state index in [4.69, 9.17) is 24.7 Å². The van der Waals surface area contributed by atoms with Gasteiger partial charge in [-0.15, -0.1) is 0 Å². The molecule has 1 unspecified atom stereocenters. The molecular weight excluding hydrogens is 476 g/mol. The van der Waals surface area contributed by atoms with Gasteiger partial charge in [-0.1, -0.05) is 24.3 Å². The predicted octanol–water partition coefficient (Wildman–Crippen LogP) is 2.67. The summed E-state index contributed by atoms with van der Waals surface area (Å²) in [5.41, 5.74) is 7.48. The fourth-order valence-electron chi connectivity index (χ4n) is 3.55. The van der Waals surface area contributed by atoms with Gasteiger partial charge in [0.25, 0.3) is 5.91 Å². The summed E-state index contributed by atoms with van der Waals surface area (Å²) < 4.78 is 21.9. The highest BCUT2D eigenvalue weighted by Gasteiger charge is 2.10. The minimum Gasteiger partial charge on any atom is -0.507 e. The Labute approximate surface area is 216 Å². The Bertz CT molecular complexity index is 1120. The van der Waals surface area contributed by atoms with E-state index in [1.54, 1.807) is 25.3 Å². The number of hydrogen-bond acceptors (Lipinski definition) is 8. The van der Waals surface area contributed by atoms with E-state index in [1.807, 2.05) is 36.4 Å². The molecule has 0 radical (unpaired) electrons. The number of aliphatic hydroxyl groups excluding tert-OH is 1. The van der Waals surface area contributed by atoms with E-state index in [1.165, 1.54) is 12.1 Å². The summed E-state index contributed by atoms with van der Waals surface area (Å²) >= 11 is 0. The van der Waals surface area contributed by atoms with Crippen LogP contribution in [-0.2, 0) is 17.7 Å². The summed E-state index contributed by atoms with van der Waals surface area (Å²) in [5, 5.41) is 23.3. The van der Waals surface area contributed by atoms with E-state index in [-0.39, 0.29) is 17.9 Å². The highest BCUT2D eigenvalue weighted by Crippen LogP contribution is 2.23. The smallest absolute Gasteiger partial charge is 0.252 e. The minimum atomic E-state index is -0.715.